The van der Waals surface area contributed by atoms with Crippen LogP contribution in [0, 0.1) is 25.2 Å². The summed E-state index contributed by atoms with van der Waals surface area (Å²) in [5.41, 5.74) is 5.03. The van der Waals surface area contributed by atoms with Gasteiger partial charge in [-0.25, -0.2) is 4.79 Å². The third kappa shape index (κ3) is 5.13. The summed E-state index contributed by atoms with van der Waals surface area (Å²) in [5.74, 6) is -0.438. The molecule has 1 heterocycles. The maximum atomic E-state index is 12.1. The molecule has 29 heavy (non-hydrogen) atoms. The third-order valence-corrected chi connectivity index (χ3v) is 4.93. The van der Waals surface area contributed by atoms with Crippen molar-refractivity contribution in [1.29, 1.82) is 5.26 Å². The predicted molar refractivity (Wildman–Crippen MR) is 112 cm³/mol. The molecule has 0 N–H and O–H groups in total. The first-order valence-corrected chi connectivity index (χ1v) is 9.47. The summed E-state index contributed by atoms with van der Waals surface area (Å²) in [6, 6.07) is 16.6. The summed E-state index contributed by atoms with van der Waals surface area (Å²) in [6.45, 7) is 4.57. The number of benzene rings is 2. The lowest BCUT2D eigenvalue weighted by Gasteiger charge is -2.06. The van der Waals surface area contributed by atoms with Crippen LogP contribution >= 0.6 is 11.6 Å². The lowest BCUT2D eigenvalue weighted by atomic mass is 10.1. The molecule has 0 bridgehead atoms. The third-order valence-electron chi connectivity index (χ3n) is 4.57. The van der Waals surface area contributed by atoms with Crippen molar-refractivity contribution in [3.63, 3.8) is 0 Å². The van der Waals surface area contributed by atoms with E-state index in [4.69, 9.17) is 21.6 Å². The number of hydrogen-bond donors (Lipinski definition) is 0. The first kappa shape index (κ1) is 20.4. The van der Waals surface area contributed by atoms with Crippen LogP contribution in [0.15, 0.2) is 54.6 Å². The summed E-state index contributed by atoms with van der Waals surface area (Å²) in [7, 11) is 0. The molecule has 1 aromatic heterocycles. The standard InChI is InChI=1S/C23H20ClN3O2/c1-16-21(17(2)27(26-16)14-20-5-3-4-6-22(20)24)11-12-23(28)29-15-19-9-7-18(13-25)8-10-19/h3-12H,14-15H2,1-2H3. The van der Waals surface area contributed by atoms with Crippen molar-refractivity contribution in [2.24, 2.45) is 0 Å². The van der Waals surface area contributed by atoms with Gasteiger partial charge in [-0.2, -0.15) is 10.4 Å². The number of carbonyl (C=O) groups excluding carboxylic acids is 1. The van der Waals surface area contributed by atoms with E-state index >= 15 is 0 Å². The second kappa shape index (κ2) is 9.22. The molecule has 3 rings (SSSR count). The Kier molecular flexibility index (Phi) is 6.48. The SMILES string of the molecule is Cc1nn(Cc2ccccc2Cl)c(C)c1C=CC(=O)OCc1ccc(C#N)cc1. The van der Waals surface area contributed by atoms with Crippen molar-refractivity contribution >= 4 is 23.6 Å². The van der Waals surface area contributed by atoms with Gasteiger partial charge in [0.15, 0.2) is 0 Å². The molecule has 6 heteroatoms. The summed E-state index contributed by atoms with van der Waals surface area (Å²) in [4.78, 5) is 12.1. The van der Waals surface area contributed by atoms with Crippen molar-refractivity contribution in [2.75, 3.05) is 0 Å². The molecule has 0 amide bonds. The fourth-order valence-electron chi connectivity index (χ4n) is 2.92. The summed E-state index contributed by atoms with van der Waals surface area (Å²) in [6.07, 6.45) is 3.13. The molecular weight excluding hydrogens is 386 g/mol. The first-order chi connectivity index (χ1) is 14.0. The zero-order valence-corrected chi connectivity index (χ0v) is 17.0. The molecule has 0 atom stereocenters. The molecule has 2 aromatic carbocycles. The molecule has 0 saturated heterocycles. The number of carbonyl (C=O) groups is 1. The van der Waals surface area contributed by atoms with Crippen LogP contribution in [0.5, 0.6) is 0 Å². The van der Waals surface area contributed by atoms with Crippen LogP contribution in [0.1, 0.15) is 33.6 Å². The second-order valence-electron chi connectivity index (χ2n) is 6.58. The number of nitriles is 1. The lowest BCUT2D eigenvalue weighted by molar-refractivity contribution is -0.138. The fourth-order valence-corrected chi connectivity index (χ4v) is 3.12. The van der Waals surface area contributed by atoms with E-state index in [9.17, 15) is 4.79 Å². The second-order valence-corrected chi connectivity index (χ2v) is 6.99. The van der Waals surface area contributed by atoms with Gasteiger partial charge in [0.1, 0.15) is 6.61 Å². The minimum Gasteiger partial charge on any atom is -0.458 e. The Hall–Kier alpha value is -3.36. The number of halogens is 1. The Morgan fingerprint density at radius 2 is 1.93 bits per heavy atom. The maximum absolute atomic E-state index is 12.1. The lowest BCUT2D eigenvalue weighted by Crippen LogP contribution is -2.04. The van der Waals surface area contributed by atoms with Gasteiger partial charge in [-0.1, -0.05) is 41.9 Å². The van der Waals surface area contributed by atoms with Crippen LogP contribution in [0.3, 0.4) is 0 Å². The minimum absolute atomic E-state index is 0.151. The molecular formula is C23H20ClN3O2. The topological polar surface area (TPSA) is 67.9 Å². The van der Waals surface area contributed by atoms with Gasteiger partial charge in [0.05, 0.1) is 23.9 Å². The Morgan fingerprint density at radius 3 is 2.62 bits per heavy atom. The molecule has 3 aromatic rings. The van der Waals surface area contributed by atoms with E-state index in [1.54, 1.807) is 30.3 Å². The Morgan fingerprint density at radius 1 is 1.21 bits per heavy atom. The van der Waals surface area contributed by atoms with E-state index in [2.05, 4.69) is 11.2 Å². The van der Waals surface area contributed by atoms with E-state index in [1.165, 1.54) is 6.08 Å². The van der Waals surface area contributed by atoms with Crippen molar-refractivity contribution in [3.8, 4) is 6.07 Å². The molecule has 5 nitrogen and oxygen atoms in total. The minimum atomic E-state index is -0.438. The predicted octanol–water partition coefficient (Wildman–Crippen LogP) is 4.83. The highest BCUT2D eigenvalue weighted by Crippen LogP contribution is 2.20. The number of aryl methyl sites for hydroxylation is 1. The number of aromatic nitrogens is 2. The highest BCUT2D eigenvalue weighted by atomic mass is 35.5. The number of ether oxygens (including phenoxy) is 1. The average Bonchev–Trinajstić information content (AvgIpc) is 2.99. The molecule has 0 aliphatic carbocycles. The summed E-state index contributed by atoms with van der Waals surface area (Å²) >= 11 is 6.25. The number of hydrogen-bond acceptors (Lipinski definition) is 4. The van der Waals surface area contributed by atoms with Gasteiger partial charge in [0.2, 0.25) is 0 Å². The Balaban J connectivity index is 1.65. The maximum Gasteiger partial charge on any atom is 0.331 e. The normalized spacial score (nSPS) is 10.8. The van der Waals surface area contributed by atoms with Gasteiger partial charge >= 0.3 is 5.97 Å². The van der Waals surface area contributed by atoms with Gasteiger partial charge in [0, 0.05) is 22.4 Å². The highest BCUT2D eigenvalue weighted by molar-refractivity contribution is 6.31. The van der Waals surface area contributed by atoms with Crippen molar-refractivity contribution in [1.82, 2.24) is 9.78 Å². The Bertz CT molecular complexity index is 1090. The van der Waals surface area contributed by atoms with Crippen LogP contribution < -0.4 is 0 Å². The quantitative estimate of drug-likeness (QED) is 0.435. The van der Waals surface area contributed by atoms with Crippen LogP contribution in [0.25, 0.3) is 6.08 Å². The molecule has 146 valence electrons. The number of nitrogens with zero attached hydrogens (tertiary/aromatic N) is 3. The monoisotopic (exact) mass is 405 g/mol. The largest absolute Gasteiger partial charge is 0.458 e. The zero-order chi connectivity index (χ0) is 20.8. The van der Waals surface area contributed by atoms with E-state index in [-0.39, 0.29) is 6.61 Å². The van der Waals surface area contributed by atoms with Crippen molar-refractivity contribution in [2.45, 2.75) is 27.0 Å². The Labute approximate surface area is 174 Å². The van der Waals surface area contributed by atoms with Gasteiger partial charge in [-0.05, 0) is 49.2 Å². The molecule has 0 aliphatic heterocycles. The number of rotatable bonds is 6. The van der Waals surface area contributed by atoms with Crippen LogP contribution in [0.2, 0.25) is 5.02 Å². The van der Waals surface area contributed by atoms with Gasteiger partial charge in [-0.3, -0.25) is 4.68 Å². The average molecular weight is 406 g/mol. The molecule has 0 saturated carbocycles. The van der Waals surface area contributed by atoms with E-state index in [0.29, 0.717) is 17.1 Å². The van der Waals surface area contributed by atoms with E-state index in [0.717, 1.165) is 28.1 Å². The van der Waals surface area contributed by atoms with Gasteiger partial charge in [0.25, 0.3) is 0 Å². The zero-order valence-electron chi connectivity index (χ0n) is 16.2. The molecule has 0 unspecified atom stereocenters. The van der Waals surface area contributed by atoms with Crippen LogP contribution in [-0.4, -0.2) is 15.7 Å². The van der Waals surface area contributed by atoms with E-state index in [1.807, 2.05) is 42.8 Å². The van der Waals surface area contributed by atoms with Crippen molar-refractivity contribution < 1.29 is 9.53 Å². The van der Waals surface area contributed by atoms with Gasteiger partial charge in [-0.15, -0.1) is 0 Å². The highest BCUT2D eigenvalue weighted by Gasteiger charge is 2.11. The first-order valence-electron chi connectivity index (χ1n) is 9.09. The van der Waals surface area contributed by atoms with Gasteiger partial charge < -0.3 is 4.74 Å². The number of esters is 1. The molecule has 0 spiro atoms. The van der Waals surface area contributed by atoms with Crippen LogP contribution in [-0.2, 0) is 22.7 Å². The summed E-state index contributed by atoms with van der Waals surface area (Å²) < 4.78 is 7.14. The summed E-state index contributed by atoms with van der Waals surface area (Å²) in [5, 5.41) is 14.1. The van der Waals surface area contributed by atoms with Crippen LogP contribution in [0.4, 0.5) is 0 Å². The molecule has 0 radical (unpaired) electrons. The van der Waals surface area contributed by atoms with E-state index < -0.39 is 5.97 Å². The fraction of sp³-hybridized carbons (Fsp3) is 0.174. The molecule has 0 fully saturated rings. The smallest absolute Gasteiger partial charge is 0.331 e. The van der Waals surface area contributed by atoms with Crippen molar-refractivity contribution in [3.05, 3.63) is 93.3 Å². The molecule has 0 aliphatic rings.